The summed E-state index contributed by atoms with van der Waals surface area (Å²) in [6.45, 7) is 9.40. The van der Waals surface area contributed by atoms with Crippen molar-refractivity contribution in [2.45, 2.75) is 84.0 Å². The monoisotopic (exact) mass is 920 g/mol. The highest BCUT2D eigenvalue weighted by Gasteiger charge is 2.44. The zero-order valence-electron chi connectivity index (χ0n) is 38.0. The summed E-state index contributed by atoms with van der Waals surface area (Å²) in [5, 5.41) is 18.0. The molecule has 0 saturated carbocycles. The summed E-state index contributed by atoms with van der Waals surface area (Å²) in [6, 6.07) is 19.6. The molecule has 3 aliphatic heterocycles. The molecule has 348 valence electrons. The predicted octanol–water partition coefficient (Wildman–Crippen LogP) is 7.28. The predicted molar refractivity (Wildman–Crippen MR) is 247 cm³/mol. The summed E-state index contributed by atoms with van der Waals surface area (Å²) in [5.41, 5.74) is 7.53. The van der Waals surface area contributed by atoms with Gasteiger partial charge in [-0.05, 0) is 70.2 Å². The number of methoxy groups -OCH3 is 2. The third kappa shape index (κ3) is 9.59. The lowest BCUT2D eigenvalue weighted by atomic mass is 10.0. The Labute approximate surface area is 388 Å². The minimum absolute atomic E-state index is 0.103. The molecule has 2 aromatic heterocycles. The number of benzene rings is 3. The maximum Gasteiger partial charge on any atom is 0.407 e. The van der Waals surface area contributed by atoms with Crippen molar-refractivity contribution in [3.8, 4) is 33.6 Å². The minimum Gasteiger partial charge on any atom is -0.453 e. The molecule has 8 rings (SSSR count). The van der Waals surface area contributed by atoms with Crippen molar-refractivity contribution in [2.24, 2.45) is 11.8 Å². The van der Waals surface area contributed by atoms with E-state index in [2.05, 4.69) is 37.7 Å². The Morgan fingerprint density at radius 1 is 0.742 bits per heavy atom. The summed E-state index contributed by atoms with van der Waals surface area (Å²) < 4.78 is 9.64. The van der Waals surface area contributed by atoms with Gasteiger partial charge in [0, 0.05) is 31.2 Å². The lowest BCUT2D eigenvalue weighted by Gasteiger charge is -2.35. The molecule has 5 aromatic rings. The van der Waals surface area contributed by atoms with Gasteiger partial charge in [0.25, 0.3) is 0 Å². The van der Waals surface area contributed by atoms with Crippen LogP contribution in [0.15, 0.2) is 79.1 Å². The molecule has 5 atom stereocenters. The van der Waals surface area contributed by atoms with Crippen LogP contribution in [-0.4, -0.2) is 121 Å². The van der Waals surface area contributed by atoms with Crippen LogP contribution in [0.1, 0.15) is 75.4 Å². The Bertz CT molecular complexity index is 2540. The number of halogens is 1. The van der Waals surface area contributed by atoms with E-state index in [4.69, 9.17) is 26.1 Å². The van der Waals surface area contributed by atoms with Crippen molar-refractivity contribution in [2.75, 3.05) is 34.0 Å². The van der Waals surface area contributed by atoms with Crippen LogP contribution in [0.25, 0.3) is 33.6 Å². The second kappa shape index (κ2) is 19.6. The molecule has 0 radical (unpaired) electrons. The van der Waals surface area contributed by atoms with Gasteiger partial charge in [0.1, 0.15) is 23.9 Å². The quantitative estimate of drug-likeness (QED) is 0.0847. The number of rotatable bonds is 12. The number of aliphatic hydroxyl groups is 1. The van der Waals surface area contributed by atoms with Crippen molar-refractivity contribution < 1.29 is 33.8 Å². The standard InChI is InChI=1S/C48H57ClN10O7/c1-27(2)40(54-46(62)65-5)44(60)58-19-7-8-38(58)42-50-21-36(52-42)31-13-9-29(10-14-31)30-11-15-32(16-12-30)37-22-51-43(53-37)39-25-57(26-59(39)45(61)41(28(3)4)55-47(63)66-6)48(64)56-23-33-17-18-35(49)20-34(33)24-56/h9-18,20-22,27-28,38-41,45,61H,7-8,19,23-26H2,1-6H3,(H,50,52)(H,51,53)(H,54,62)(H,55,63)/t38-,39?,40-,41-,45?/m0/s1. The summed E-state index contributed by atoms with van der Waals surface area (Å²) in [7, 11) is 2.56. The van der Waals surface area contributed by atoms with E-state index in [-0.39, 0.29) is 43.0 Å². The normalized spacial score (nSPS) is 18.7. The average molecular weight is 921 g/mol. The number of fused-ring (bicyclic) bond motifs is 1. The molecule has 2 unspecified atom stereocenters. The average Bonchev–Trinajstić information content (AvgIpc) is 4.18. The first-order chi connectivity index (χ1) is 31.7. The molecule has 2 saturated heterocycles. The topological polar surface area (TPSA) is 201 Å². The van der Waals surface area contributed by atoms with Gasteiger partial charge in [-0.25, -0.2) is 29.3 Å². The lowest BCUT2D eigenvalue weighted by molar-refractivity contribution is -0.135. The molecule has 3 aliphatic rings. The fourth-order valence-electron chi connectivity index (χ4n) is 9.18. The van der Waals surface area contributed by atoms with E-state index in [1.807, 2.05) is 82.3 Å². The van der Waals surface area contributed by atoms with Crippen LogP contribution in [-0.2, 0) is 27.4 Å². The second-order valence-corrected chi connectivity index (χ2v) is 18.3. The number of urea groups is 1. The van der Waals surface area contributed by atoms with E-state index in [0.29, 0.717) is 36.3 Å². The molecule has 3 aromatic carbocycles. The van der Waals surface area contributed by atoms with Crippen molar-refractivity contribution in [1.29, 1.82) is 0 Å². The van der Waals surface area contributed by atoms with Gasteiger partial charge in [-0.3, -0.25) is 4.79 Å². The van der Waals surface area contributed by atoms with E-state index in [1.54, 1.807) is 32.0 Å². The summed E-state index contributed by atoms with van der Waals surface area (Å²) in [5.74, 6) is 0.828. The molecule has 0 aliphatic carbocycles. The van der Waals surface area contributed by atoms with E-state index in [1.165, 1.54) is 14.2 Å². The number of aliphatic hydroxyl groups excluding tert-OH is 1. The SMILES string of the molecule is COC(=O)N[C@@H](C(C)C)C(O)N1CN(C(=O)N2Cc3ccc(Cl)cc3C2)CC1c1ncc(-c2ccc(-c3ccc(-c4cnc([C@@H]5CCCN5C(=O)[C@@H](NC(=O)OC)C(C)C)[nH]4)cc3)cc2)[nH]1. The Morgan fingerprint density at radius 2 is 1.30 bits per heavy atom. The smallest absolute Gasteiger partial charge is 0.407 e. The number of likely N-dealkylation sites (tertiary alicyclic amines) is 1. The van der Waals surface area contributed by atoms with Gasteiger partial charge < -0.3 is 49.9 Å². The summed E-state index contributed by atoms with van der Waals surface area (Å²) in [4.78, 5) is 75.5. The first-order valence-corrected chi connectivity index (χ1v) is 22.7. The van der Waals surface area contributed by atoms with Crippen molar-refractivity contribution in [3.63, 3.8) is 0 Å². The number of H-pyrrole nitrogens is 2. The van der Waals surface area contributed by atoms with Gasteiger partial charge in [0.15, 0.2) is 0 Å². The number of imidazole rings is 2. The zero-order valence-corrected chi connectivity index (χ0v) is 38.7. The van der Waals surface area contributed by atoms with Crippen LogP contribution in [0.4, 0.5) is 14.4 Å². The molecule has 5 heterocycles. The zero-order chi connectivity index (χ0) is 46.8. The molecular formula is C48H57ClN10O7. The number of hydrogen-bond acceptors (Lipinski definition) is 10. The van der Waals surface area contributed by atoms with Gasteiger partial charge in [0.2, 0.25) is 5.91 Å². The largest absolute Gasteiger partial charge is 0.453 e. The van der Waals surface area contributed by atoms with Gasteiger partial charge in [0.05, 0.1) is 62.8 Å². The number of ether oxygens (including phenoxy) is 2. The fraction of sp³-hybridized carbons (Fsp3) is 0.417. The number of hydrogen-bond donors (Lipinski definition) is 5. The van der Waals surface area contributed by atoms with Gasteiger partial charge >= 0.3 is 18.2 Å². The Morgan fingerprint density at radius 3 is 1.88 bits per heavy atom. The fourth-order valence-corrected chi connectivity index (χ4v) is 9.38. The third-order valence-corrected chi connectivity index (χ3v) is 13.1. The van der Waals surface area contributed by atoms with Crippen LogP contribution in [0.3, 0.4) is 0 Å². The van der Waals surface area contributed by atoms with E-state index in [0.717, 1.165) is 57.6 Å². The lowest BCUT2D eigenvalue weighted by Crippen LogP contribution is -2.54. The van der Waals surface area contributed by atoms with Crippen LogP contribution < -0.4 is 10.6 Å². The Balaban J connectivity index is 0.957. The molecule has 18 heteroatoms. The number of carbonyl (C=O) groups excluding carboxylic acids is 4. The second-order valence-electron chi connectivity index (χ2n) is 17.8. The minimum atomic E-state index is -1.18. The Kier molecular flexibility index (Phi) is 13.7. The van der Waals surface area contributed by atoms with Crippen LogP contribution in [0.5, 0.6) is 0 Å². The molecule has 2 fully saturated rings. The molecular weight excluding hydrogens is 864 g/mol. The van der Waals surface area contributed by atoms with Gasteiger partial charge in [-0.2, -0.15) is 0 Å². The van der Waals surface area contributed by atoms with Crippen LogP contribution in [0.2, 0.25) is 5.02 Å². The maximum atomic E-state index is 14.1. The highest BCUT2D eigenvalue weighted by atomic mass is 35.5. The highest BCUT2D eigenvalue weighted by molar-refractivity contribution is 6.30. The number of nitrogens with one attached hydrogen (secondary N) is 4. The van der Waals surface area contributed by atoms with Crippen molar-refractivity contribution >= 4 is 35.7 Å². The molecule has 0 spiro atoms. The Hall–Kier alpha value is -6.43. The number of carbonyl (C=O) groups is 4. The van der Waals surface area contributed by atoms with Gasteiger partial charge in [-0.15, -0.1) is 0 Å². The third-order valence-electron chi connectivity index (χ3n) is 12.9. The molecule has 5 N–H and O–H groups in total. The van der Waals surface area contributed by atoms with Gasteiger partial charge in [-0.1, -0.05) is 93.9 Å². The van der Waals surface area contributed by atoms with E-state index >= 15 is 0 Å². The molecule has 17 nitrogen and oxygen atoms in total. The first kappa shape index (κ1) is 46.1. The number of alkyl carbamates (subject to hydrolysis) is 2. The van der Waals surface area contributed by atoms with Crippen LogP contribution >= 0.6 is 11.6 Å². The maximum absolute atomic E-state index is 14.1. The van der Waals surface area contributed by atoms with E-state index in [9.17, 15) is 24.3 Å². The van der Waals surface area contributed by atoms with Crippen molar-refractivity contribution in [1.82, 2.24) is 50.2 Å². The van der Waals surface area contributed by atoms with E-state index < -0.39 is 36.5 Å². The number of nitrogens with zero attached hydrogens (tertiary/aromatic N) is 6. The van der Waals surface area contributed by atoms with Crippen molar-refractivity contribution in [3.05, 3.63) is 107 Å². The molecule has 5 amide bonds. The summed E-state index contributed by atoms with van der Waals surface area (Å²) in [6.07, 6.45) is 2.66. The molecule has 0 bridgehead atoms. The van der Waals surface area contributed by atoms with Crippen LogP contribution in [0, 0.1) is 11.8 Å². The first-order valence-electron chi connectivity index (χ1n) is 22.3. The number of aromatic nitrogens is 4. The number of amides is 5. The number of aromatic amines is 2. The summed E-state index contributed by atoms with van der Waals surface area (Å²) >= 11 is 6.26. The molecule has 66 heavy (non-hydrogen) atoms. The highest BCUT2D eigenvalue weighted by Crippen LogP contribution is 2.36.